The molecule has 0 spiro atoms. The molecule has 6 nitrogen and oxygen atoms in total. The van der Waals surface area contributed by atoms with Crippen molar-refractivity contribution in [1.29, 1.82) is 5.26 Å². The Morgan fingerprint density at radius 2 is 1.88 bits per heavy atom. The highest BCUT2D eigenvalue weighted by Crippen LogP contribution is 2.12. The summed E-state index contributed by atoms with van der Waals surface area (Å²) in [6.45, 7) is 1.24. The van der Waals surface area contributed by atoms with E-state index in [1.54, 1.807) is 36.4 Å². The van der Waals surface area contributed by atoms with Gasteiger partial charge in [0.05, 0.1) is 11.6 Å². The SMILES string of the molecule is Cc1cccc(OCC(=O)OCC(=O)Nc2ccc(C#N)cc2)c1. The Bertz CT molecular complexity index is 763. The molecule has 0 heterocycles. The minimum atomic E-state index is -0.633. The van der Waals surface area contributed by atoms with E-state index in [1.807, 2.05) is 25.1 Å². The van der Waals surface area contributed by atoms with Crippen molar-refractivity contribution in [2.75, 3.05) is 18.5 Å². The first-order valence-electron chi connectivity index (χ1n) is 7.22. The van der Waals surface area contributed by atoms with Crippen LogP contribution in [0.4, 0.5) is 5.69 Å². The third-order valence-electron chi connectivity index (χ3n) is 3.01. The van der Waals surface area contributed by atoms with Gasteiger partial charge in [-0.05, 0) is 48.9 Å². The van der Waals surface area contributed by atoms with Gasteiger partial charge >= 0.3 is 5.97 Å². The molecule has 2 rings (SSSR count). The highest BCUT2D eigenvalue weighted by Gasteiger charge is 2.09. The summed E-state index contributed by atoms with van der Waals surface area (Å²) >= 11 is 0. The number of anilines is 1. The van der Waals surface area contributed by atoms with Gasteiger partial charge in [-0.1, -0.05) is 12.1 Å². The minimum Gasteiger partial charge on any atom is -0.482 e. The summed E-state index contributed by atoms with van der Waals surface area (Å²) in [6.07, 6.45) is 0. The van der Waals surface area contributed by atoms with Crippen LogP contribution in [-0.2, 0) is 14.3 Å². The van der Waals surface area contributed by atoms with Crippen LogP contribution in [0.5, 0.6) is 5.75 Å². The van der Waals surface area contributed by atoms with Gasteiger partial charge in [0.25, 0.3) is 5.91 Å². The third-order valence-corrected chi connectivity index (χ3v) is 3.01. The molecule has 0 aliphatic rings. The number of carbonyl (C=O) groups excluding carboxylic acids is 2. The molecule has 0 bridgehead atoms. The van der Waals surface area contributed by atoms with Gasteiger partial charge in [-0.15, -0.1) is 0 Å². The summed E-state index contributed by atoms with van der Waals surface area (Å²) in [5, 5.41) is 11.3. The fraction of sp³-hybridized carbons (Fsp3) is 0.167. The van der Waals surface area contributed by atoms with Crippen molar-refractivity contribution < 1.29 is 19.1 Å². The number of carbonyl (C=O) groups is 2. The molecule has 0 aliphatic heterocycles. The topological polar surface area (TPSA) is 88.4 Å². The smallest absolute Gasteiger partial charge is 0.344 e. The number of amides is 1. The molecule has 0 atom stereocenters. The molecule has 24 heavy (non-hydrogen) atoms. The average Bonchev–Trinajstić information content (AvgIpc) is 2.59. The number of nitrogens with one attached hydrogen (secondary N) is 1. The lowest BCUT2D eigenvalue weighted by atomic mass is 10.2. The van der Waals surface area contributed by atoms with Crippen molar-refractivity contribution in [2.45, 2.75) is 6.92 Å². The highest BCUT2D eigenvalue weighted by atomic mass is 16.6. The van der Waals surface area contributed by atoms with Crippen molar-refractivity contribution in [1.82, 2.24) is 0 Å². The molecule has 0 saturated heterocycles. The van der Waals surface area contributed by atoms with Crippen LogP contribution in [-0.4, -0.2) is 25.1 Å². The quantitative estimate of drug-likeness (QED) is 0.824. The number of benzene rings is 2. The highest BCUT2D eigenvalue weighted by molar-refractivity contribution is 5.92. The molecule has 0 aliphatic carbocycles. The van der Waals surface area contributed by atoms with Crippen LogP contribution < -0.4 is 10.1 Å². The van der Waals surface area contributed by atoms with E-state index < -0.39 is 18.5 Å². The lowest BCUT2D eigenvalue weighted by Gasteiger charge is -2.08. The number of hydrogen-bond acceptors (Lipinski definition) is 5. The second-order valence-corrected chi connectivity index (χ2v) is 5.00. The summed E-state index contributed by atoms with van der Waals surface area (Å²) in [5.74, 6) is -0.538. The molecule has 0 saturated carbocycles. The summed E-state index contributed by atoms with van der Waals surface area (Å²) in [7, 11) is 0. The molecule has 0 unspecified atom stereocenters. The maximum atomic E-state index is 11.7. The summed E-state index contributed by atoms with van der Waals surface area (Å²) in [4.78, 5) is 23.3. The zero-order valence-electron chi connectivity index (χ0n) is 13.1. The Morgan fingerprint density at radius 3 is 2.54 bits per heavy atom. The van der Waals surface area contributed by atoms with Gasteiger partial charge in [0.2, 0.25) is 0 Å². The normalized spacial score (nSPS) is 9.67. The van der Waals surface area contributed by atoms with Gasteiger partial charge < -0.3 is 14.8 Å². The van der Waals surface area contributed by atoms with Gasteiger partial charge in [-0.2, -0.15) is 5.26 Å². The van der Waals surface area contributed by atoms with Crippen molar-refractivity contribution in [3.63, 3.8) is 0 Å². The van der Waals surface area contributed by atoms with Crippen LogP contribution in [0, 0.1) is 18.3 Å². The van der Waals surface area contributed by atoms with Crippen molar-refractivity contribution >= 4 is 17.6 Å². The predicted octanol–water partition coefficient (Wildman–Crippen LogP) is 2.43. The summed E-state index contributed by atoms with van der Waals surface area (Å²) in [6, 6.07) is 15.6. The van der Waals surface area contributed by atoms with E-state index in [1.165, 1.54) is 0 Å². The molecule has 0 radical (unpaired) electrons. The number of hydrogen-bond donors (Lipinski definition) is 1. The fourth-order valence-electron chi connectivity index (χ4n) is 1.86. The number of nitriles is 1. The lowest BCUT2D eigenvalue weighted by Crippen LogP contribution is -2.23. The standard InChI is InChI=1S/C18H16N2O4/c1-13-3-2-4-16(9-13)23-12-18(22)24-11-17(21)20-15-7-5-14(10-19)6-8-15/h2-9H,11-12H2,1H3,(H,20,21). The van der Waals surface area contributed by atoms with E-state index in [0.717, 1.165) is 5.56 Å². The van der Waals surface area contributed by atoms with Crippen molar-refractivity contribution in [3.05, 3.63) is 59.7 Å². The molecule has 2 aromatic carbocycles. The Balaban J connectivity index is 1.72. The first kappa shape index (κ1) is 17.0. The molecule has 122 valence electrons. The Labute approximate surface area is 139 Å². The van der Waals surface area contributed by atoms with Gasteiger partial charge in [0.15, 0.2) is 13.2 Å². The van der Waals surface area contributed by atoms with Gasteiger partial charge in [0, 0.05) is 5.69 Å². The van der Waals surface area contributed by atoms with Crippen LogP contribution in [0.2, 0.25) is 0 Å². The van der Waals surface area contributed by atoms with Crippen molar-refractivity contribution in [2.24, 2.45) is 0 Å². The van der Waals surface area contributed by atoms with E-state index in [2.05, 4.69) is 5.32 Å². The lowest BCUT2D eigenvalue weighted by molar-refractivity contribution is -0.149. The molecule has 1 amide bonds. The molecule has 0 fully saturated rings. The number of aryl methyl sites for hydroxylation is 1. The zero-order valence-corrected chi connectivity index (χ0v) is 13.1. The van der Waals surface area contributed by atoms with Crippen LogP contribution in [0.15, 0.2) is 48.5 Å². The molecule has 6 heteroatoms. The van der Waals surface area contributed by atoms with Gasteiger partial charge in [0.1, 0.15) is 5.75 Å². The number of rotatable bonds is 6. The van der Waals surface area contributed by atoms with Crippen LogP contribution in [0.25, 0.3) is 0 Å². The van der Waals surface area contributed by atoms with Crippen LogP contribution >= 0.6 is 0 Å². The number of nitrogens with zero attached hydrogens (tertiary/aromatic N) is 1. The second-order valence-electron chi connectivity index (χ2n) is 5.00. The molecular formula is C18H16N2O4. The maximum Gasteiger partial charge on any atom is 0.344 e. The van der Waals surface area contributed by atoms with E-state index in [9.17, 15) is 9.59 Å². The average molecular weight is 324 g/mol. The van der Waals surface area contributed by atoms with E-state index in [4.69, 9.17) is 14.7 Å². The van der Waals surface area contributed by atoms with E-state index in [-0.39, 0.29) is 6.61 Å². The second kappa shape index (κ2) is 8.34. The van der Waals surface area contributed by atoms with Crippen LogP contribution in [0.3, 0.4) is 0 Å². The minimum absolute atomic E-state index is 0.270. The first-order chi connectivity index (χ1) is 11.6. The first-order valence-corrected chi connectivity index (χ1v) is 7.22. The summed E-state index contributed by atoms with van der Waals surface area (Å²) < 4.78 is 10.1. The van der Waals surface area contributed by atoms with E-state index in [0.29, 0.717) is 17.0 Å². The monoisotopic (exact) mass is 324 g/mol. The van der Waals surface area contributed by atoms with Gasteiger partial charge in [-0.25, -0.2) is 4.79 Å². The Morgan fingerprint density at radius 1 is 1.12 bits per heavy atom. The van der Waals surface area contributed by atoms with Crippen LogP contribution in [0.1, 0.15) is 11.1 Å². The predicted molar refractivity (Wildman–Crippen MR) is 87.4 cm³/mol. The fourth-order valence-corrected chi connectivity index (χ4v) is 1.86. The van der Waals surface area contributed by atoms with Gasteiger partial charge in [-0.3, -0.25) is 4.79 Å². The van der Waals surface area contributed by atoms with Crippen molar-refractivity contribution in [3.8, 4) is 11.8 Å². The maximum absolute atomic E-state index is 11.7. The third kappa shape index (κ3) is 5.46. The molecule has 1 N–H and O–H groups in total. The number of esters is 1. The largest absolute Gasteiger partial charge is 0.482 e. The Kier molecular flexibility index (Phi) is 5.92. The zero-order chi connectivity index (χ0) is 17.4. The summed E-state index contributed by atoms with van der Waals surface area (Å²) in [5.41, 5.74) is 2.03. The molecular weight excluding hydrogens is 308 g/mol. The van der Waals surface area contributed by atoms with E-state index >= 15 is 0 Å². The molecule has 0 aromatic heterocycles. The Hall–Kier alpha value is -3.33. The number of ether oxygens (including phenoxy) is 2. The molecule has 2 aromatic rings.